The maximum atomic E-state index is 12.4. The lowest BCUT2D eigenvalue weighted by molar-refractivity contribution is -0.122. The summed E-state index contributed by atoms with van der Waals surface area (Å²) in [6.45, 7) is 3.91. The van der Waals surface area contributed by atoms with Crippen LogP contribution < -0.4 is 14.8 Å². The minimum Gasteiger partial charge on any atom is -0.497 e. The SMILES string of the molecule is COc1ccc(S(=O)(=O)N[C@@H](C)C(=O)NCCc2ccc(-c3csc(C)n3)s2)cc1. The Balaban J connectivity index is 1.50. The molecule has 2 aromatic heterocycles. The van der Waals surface area contributed by atoms with E-state index in [0.29, 0.717) is 18.7 Å². The number of benzene rings is 1. The molecule has 0 spiro atoms. The van der Waals surface area contributed by atoms with Gasteiger partial charge in [-0.3, -0.25) is 4.79 Å². The van der Waals surface area contributed by atoms with E-state index in [1.54, 1.807) is 34.8 Å². The Morgan fingerprint density at radius 2 is 1.93 bits per heavy atom. The lowest BCUT2D eigenvalue weighted by Crippen LogP contribution is -2.45. The molecular weight excluding hydrogens is 442 g/mol. The van der Waals surface area contributed by atoms with Crippen molar-refractivity contribution in [3.05, 3.63) is 51.7 Å². The van der Waals surface area contributed by atoms with E-state index in [1.165, 1.54) is 26.2 Å². The first-order valence-electron chi connectivity index (χ1n) is 9.24. The van der Waals surface area contributed by atoms with Crippen molar-refractivity contribution in [2.24, 2.45) is 0 Å². The highest BCUT2D eigenvalue weighted by Crippen LogP contribution is 2.29. The van der Waals surface area contributed by atoms with Crippen LogP contribution in [0.3, 0.4) is 0 Å². The van der Waals surface area contributed by atoms with Gasteiger partial charge in [0.25, 0.3) is 0 Å². The number of carbonyl (C=O) groups excluding carboxylic acids is 1. The van der Waals surface area contributed by atoms with Crippen LogP contribution in [-0.2, 0) is 21.2 Å². The number of aryl methyl sites for hydroxylation is 1. The van der Waals surface area contributed by atoms with Gasteiger partial charge in [-0.15, -0.1) is 22.7 Å². The number of ether oxygens (including phenoxy) is 1. The fourth-order valence-corrected chi connectivity index (χ4v) is 5.56. The van der Waals surface area contributed by atoms with Crippen molar-refractivity contribution in [2.75, 3.05) is 13.7 Å². The molecule has 2 N–H and O–H groups in total. The molecule has 2 heterocycles. The number of methoxy groups -OCH3 is 1. The summed E-state index contributed by atoms with van der Waals surface area (Å²) < 4.78 is 32.3. The Morgan fingerprint density at radius 3 is 2.57 bits per heavy atom. The average molecular weight is 466 g/mol. The van der Waals surface area contributed by atoms with Gasteiger partial charge < -0.3 is 10.1 Å². The van der Waals surface area contributed by atoms with Gasteiger partial charge in [0.15, 0.2) is 0 Å². The molecule has 3 aromatic rings. The number of nitrogens with one attached hydrogen (secondary N) is 2. The summed E-state index contributed by atoms with van der Waals surface area (Å²) in [6.07, 6.45) is 0.664. The third-order valence-electron chi connectivity index (χ3n) is 4.30. The normalized spacial score (nSPS) is 12.5. The van der Waals surface area contributed by atoms with E-state index < -0.39 is 16.1 Å². The van der Waals surface area contributed by atoms with Crippen molar-refractivity contribution >= 4 is 38.6 Å². The summed E-state index contributed by atoms with van der Waals surface area (Å²) in [6, 6.07) is 9.14. The van der Waals surface area contributed by atoms with Crippen molar-refractivity contribution in [2.45, 2.75) is 31.2 Å². The topological polar surface area (TPSA) is 97.4 Å². The third kappa shape index (κ3) is 5.66. The summed E-state index contributed by atoms with van der Waals surface area (Å²) in [4.78, 5) is 19.1. The van der Waals surface area contributed by atoms with E-state index in [0.717, 1.165) is 20.5 Å². The Morgan fingerprint density at radius 1 is 1.20 bits per heavy atom. The van der Waals surface area contributed by atoms with E-state index in [1.807, 2.05) is 24.4 Å². The van der Waals surface area contributed by atoms with E-state index in [2.05, 4.69) is 15.0 Å². The van der Waals surface area contributed by atoms with Crippen LogP contribution in [0.2, 0.25) is 0 Å². The Bertz CT molecular complexity index is 1100. The van der Waals surface area contributed by atoms with Crippen molar-refractivity contribution in [3.63, 3.8) is 0 Å². The zero-order valence-electron chi connectivity index (χ0n) is 16.8. The molecule has 30 heavy (non-hydrogen) atoms. The van der Waals surface area contributed by atoms with E-state index in [-0.39, 0.29) is 10.8 Å². The second-order valence-corrected chi connectivity index (χ2v) is 10.5. The van der Waals surface area contributed by atoms with Crippen LogP contribution in [0.15, 0.2) is 46.7 Å². The van der Waals surface area contributed by atoms with Gasteiger partial charge >= 0.3 is 0 Å². The fraction of sp³-hybridized carbons (Fsp3) is 0.300. The highest BCUT2D eigenvalue weighted by Gasteiger charge is 2.22. The molecule has 3 rings (SSSR count). The predicted octanol–water partition coefficient (Wildman–Crippen LogP) is 3.21. The first kappa shape index (κ1) is 22.4. The molecule has 0 aliphatic heterocycles. The minimum absolute atomic E-state index is 0.0753. The summed E-state index contributed by atoms with van der Waals surface area (Å²) in [5.74, 6) is 0.181. The summed E-state index contributed by atoms with van der Waals surface area (Å²) in [5.41, 5.74) is 0.972. The number of carbonyl (C=O) groups is 1. The maximum Gasteiger partial charge on any atom is 0.241 e. The molecule has 0 fully saturated rings. The second kappa shape index (κ2) is 9.69. The number of aromatic nitrogens is 1. The number of rotatable bonds is 9. The lowest BCUT2D eigenvalue weighted by Gasteiger charge is -2.14. The minimum atomic E-state index is -3.80. The van der Waals surface area contributed by atoms with Crippen molar-refractivity contribution in [3.8, 4) is 16.3 Å². The summed E-state index contributed by atoms with van der Waals surface area (Å²) in [5, 5.41) is 5.84. The molecule has 1 amide bonds. The van der Waals surface area contributed by atoms with Crippen LogP contribution in [0.5, 0.6) is 5.75 Å². The monoisotopic (exact) mass is 465 g/mol. The molecule has 7 nitrogen and oxygen atoms in total. The van der Waals surface area contributed by atoms with Crippen molar-refractivity contribution < 1.29 is 17.9 Å². The molecule has 1 aromatic carbocycles. The number of thiazole rings is 1. The Labute approximate surface area is 184 Å². The number of amides is 1. The summed E-state index contributed by atoms with van der Waals surface area (Å²) >= 11 is 3.26. The van der Waals surface area contributed by atoms with Gasteiger partial charge in [0.1, 0.15) is 5.75 Å². The van der Waals surface area contributed by atoms with Crippen molar-refractivity contribution in [1.82, 2.24) is 15.0 Å². The number of thiophene rings is 1. The smallest absolute Gasteiger partial charge is 0.241 e. The molecule has 0 aliphatic carbocycles. The standard InChI is InChI=1S/C20H23N3O4S3/c1-13(23-30(25,26)17-7-4-15(27-3)5-8-17)20(24)21-11-10-16-6-9-19(29-16)18-12-28-14(2)22-18/h4-9,12-13,23H,10-11H2,1-3H3,(H,21,24)/t13-/m0/s1. The van der Waals surface area contributed by atoms with Crippen LogP contribution in [0.25, 0.3) is 10.6 Å². The van der Waals surface area contributed by atoms with Crippen molar-refractivity contribution in [1.29, 1.82) is 0 Å². The second-order valence-electron chi connectivity index (χ2n) is 6.58. The predicted molar refractivity (Wildman–Crippen MR) is 120 cm³/mol. The Kier molecular flexibility index (Phi) is 7.24. The molecule has 0 aliphatic rings. The van der Waals surface area contributed by atoms with E-state index in [4.69, 9.17) is 4.74 Å². The van der Waals surface area contributed by atoms with Gasteiger partial charge in [0.05, 0.1) is 33.6 Å². The van der Waals surface area contributed by atoms with Gasteiger partial charge in [-0.2, -0.15) is 4.72 Å². The quantitative estimate of drug-likeness (QED) is 0.506. The lowest BCUT2D eigenvalue weighted by atomic mass is 10.3. The molecule has 0 unspecified atom stereocenters. The molecule has 160 valence electrons. The van der Waals surface area contributed by atoms with Crippen LogP contribution in [-0.4, -0.2) is 39.0 Å². The highest BCUT2D eigenvalue weighted by atomic mass is 32.2. The molecule has 0 bridgehead atoms. The maximum absolute atomic E-state index is 12.4. The first-order valence-corrected chi connectivity index (χ1v) is 12.4. The largest absolute Gasteiger partial charge is 0.497 e. The first-order chi connectivity index (χ1) is 14.3. The molecule has 1 atom stereocenters. The van der Waals surface area contributed by atoms with Crippen LogP contribution in [0.1, 0.15) is 16.8 Å². The molecule has 10 heteroatoms. The van der Waals surface area contributed by atoms with Crippen LogP contribution >= 0.6 is 22.7 Å². The number of nitrogens with zero attached hydrogens (tertiary/aromatic N) is 1. The van der Waals surface area contributed by atoms with Gasteiger partial charge in [-0.05, 0) is 56.7 Å². The van der Waals surface area contributed by atoms with Crippen LogP contribution in [0.4, 0.5) is 0 Å². The number of sulfonamides is 1. The summed E-state index contributed by atoms with van der Waals surface area (Å²) in [7, 11) is -2.30. The highest BCUT2D eigenvalue weighted by molar-refractivity contribution is 7.89. The molecule has 0 saturated heterocycles. The van der Waals surface area contributed by atoms with E-state index >= 15 is 0 Å². The van der Waals surface area contributed by atoms with Crippen LogP contribution in [0, 0.1) is 6.92 Å². The van der Waals surface area contributed by atoms with Gasteiger partial charge in [-0.25, -0.2) is 13.4 Å². The third-order valence-corrected chi connectivity index (χ3v) is 7.80. The molecular formula is C20H23N3O4S3. The zero-order chi connectivity index (χ0) is 21.7. The zero-order valence-corrected chi connectivity index (χ0v) is 19.3. The van der Waals surface area contributed by atoms with E-state index in [9.17, 15) is 13.2 Å². The molecule has 0 radical (unpaired) electrons. The Hall–Kier alpha value is -2.27. The fourth-order valence-electron chi connectivity index (χ4n) is 2.70. The van der Waals surface area contributed by atoms with Gasteiger partial charge in [0, 0.05) is 16.8 Å². The number of hydrogen-bond donors (Lipinski definition) is 2. The van der Waals surface area contributed by atoms with Gasteiger partial charge in [-0.1, -0.05) is 0 Å². The molecule has 0 saturated carbocycles. The number of hydrogen-bond acceptors (Lipinski definition) is 7. The van der Waals surface area contributed by atoms with Gasteiger partial charge in [0.2, 0.25) is 15.9 Å². The average Bonchev–Trinajstić information content (AvgIpc) is 3.36.